The van der Waals surface area contributed by atoms with E-state index >= 15 is 0 Å². The molecule has 0 aliphatic carbocycles. The lowest BCUT2D eigenvalue weighted by Gasteiger charge is -2.10. The van der Waals surface area contributed by atoms with Gasteiger partial charge < -0.3 is 9.84 Å². The highest BCUT2D eigenvalue weighted by molar-refractivity contribution is 5.79. The molecule has 1 N–H and O–H groups in total. The van der Waals surface area contributed by atoms with E-state index in [2.05, 4.69) is 0 Å². The summed E-state index contributed by atoms with van der Waals surface area (Å²) in [6.07, 6.45) is 0. The maximum atomic E-state index is 11.2. The third-order valence-corrected chi connectivity index (χ3v) is 2.87. The van der Waals surface area contributed by atoms with Gasteiger partial charge in [-0.15, -0.1) is 0 Å². The highest BCUT2D eigenvalue weighted by Gasteiger charge is 2.21. The maximum absolute atomic E-state index is 11.2. The Labute approximate surface area is 110 Å². The summed E-state index contributed by atoms with van der Waals surface area (Å²) in [5, 5.41) is 20.5. The molecule has 0 fully saturated rings. The molecular formula is C14H13NO4. The predicted molar refractivity (Wildman–Crippen MR) is 71.0 cm³/mol. The molecule has 0 atom stereocenters. The summed E-state index contributed by atoms with van der Waals surface area (Å²) < 4.78 is 5.22. The predicted octanol–water partition coefficient (Wildman–Crippen LogP) is 2.76. The summed E-state index contributed by atoms with van der Waals surface area (Å²) >= 11 is 0. The van der Waals surface area contributed by atoms with Crippen molar-refractivity contribution in [1.29, 1.82) is 0 Å². The minimum Gasteiger partial charge on any atom is -0.496 e. The SMILES string of the molecule is COc1ccccc1-c1cccc(CO)c1[N+](=O)[O-]. The van der Waals surface area contributed by atoms with Crippen LogP contribution in [0.2, 0.25) is 0 Å². The van der Waals surface area contributed by atoms with Crippen molar-refractivity contribution < 1.29 is 14.8 Å². The quantitative estimate of drug-likeness (QED) is 0.676. The van der Waals surface area contributed by atoms with Gasteiger partial charge in [0, 0.05) is 5.56 Å². The first-order chi connectivity index (χ1) is 9.19. The van der Waals surface area contributed by atoms with Crippen LogP contribution in [0, 0.1) is 10.1 Å². The lowest BCUT2D eigenvalue weighted by Crippen LogP contribution is -1.99. The largest absolute Gasteiger partial charge is 0.496 e. The Morgan fingerprint density at radius 3 is 2.47 bits per heavy atom. The molecule has 2 rings (SSSR count). The van der Waals surface area contributed by atoms with Gasteiger partial charge in [-0.1, -0.05) is 24.3 Å². The van der Waals surface area contributed by atoms with Crippen molar-refractivity contribution in [3.8, 4) is 16.9 Å². The molecule has 98 valence electrons. The molecule has 0 saturated heterocycles. The van der Waals surface area contributed by atoms with E-state index in [0.717, 1.165) is 0 Å². The smallest absolute Gasteiger partial charge is 0.282 e. The van der Waals surface area contributed by atoms with Crippen LogP contribution in [0.4, 0.5) is 5.69 Å². The Hall–Kier alpha value is -2.40. The van der Waals surface area contributed by atoms with Crippen LogP contribution in [0.15, 0.2) is 42.5 Å². The molecule has 0 bridgehead atoms. The fourth-order valence-electron chi connectivity index (χ4n) is 2.02. The number of rotatable bonds is 4. The van der Waals surface area contributed by atoms with Gasteiger partial charge in [0.1, 0.15) is 5.75 Å². The topological polar surface area (TPSA) is 72.6 Å². The number of nitro benzene ring substituents is 1. The number of methoxy groups -OCH3 is 1. The number of aliphatic hydroxyl groups is 1. The second-order valence-corrected chi connectivity index (χ2v) is 3.93. The van der Waals surface area contributed by atoms with Gasteiger partial charge in [-0.05, 0) is 18.2 Å². The van der Waals surface area contributed by atoms with Gasteiger partial charge in [0.2, 0.25) is 0 Å². The van der Waals surface area contributed by atoms with Crippen molar-refractivity contribution in [2.45, 2.75) is 6.61 Å². The van der Waals surface area contributed by atoms with Crippen LogP contribution < -0.4 is 4.74 Å². The zero-order chi connectivity index (χ0) is 13.8. The van der Waals surface area contributed by atoms with Gasteiger partial charge in [-0.2, -0.15) is 0 Å². The highest BCUT2D eigenvalue weighted by atomic mass is 16.6. The number of aliphatic hydroxyl groups excluding tert-OH is 1. The first kappa shape index (κ1) is 13.0. The van der Waals surface area contributed by atoms with E-state index in [9.17, 15) is 15.2 Å². The summed E-state index contributed by atoms with van der Waals surface area (Å²) in [7, 11) is 1.51. The summed E-state index contributed by atoms with van der Waals surface area (Å²) in [4.78, 5) is 10.7. The van der Waals surface area contributed by atoms with Gasteiger partial charge in [0.15, 0.2) is 0 Å². The van der Waals surface area contributed by atoms with Gasteiger partial charge in [0.25, 0.3) is 5.69 Å². The van der Waals surface area contributed by atoms with E-state index in [0.29, 0.717) is 16.9 Å². The normalized spacial score (nSPS) is 10.2. The maximum Gasteiger partial charge on any atom is 0.282 e. The molecule has 0 amide bonds. The molecule has 0 radical (unpaired) electrons. The number of hydrogen-bond donors (Lipinski definition) is 1. The van der Waals surface area contributed by atoms with Gasteiger partial charge in [-0.3, -0.25) is 10.1 Å². The molecule has 2 aromatic carbocycles. The molecule has 0 aliphatic heterocycles. The number of hydrogen-bond acceptors (Lipinski definition) is 4. The van der Waals surface area contributed by atoms with Crippen LogP contribution in [0.5, 0.6) is 5.75 Å². The van der Waals surface area contributed by atoms with Gasteiger partial charge >= 0.3 is 0 Å². The Bertz CT molecular complexity index is 610. The first-order valence-corrected chi connectivity index (χ1v) is 5.69. The van der Waals surface area contributed by atoms with Crippen molar-refractivity contribution in [2.24, 2.45) is 0 Å². The number of benzene rings is 2. The molecule has 0 aromatic heterocycles. The third kappa shape index (κ3) is 2.41. The van der Waals surface area contributed by atoms with E-state index in [1.165, 1.54) is 13.2 Å². The Morgan fingerprint density at radius 2 is 1.84 bits per heavy atom. The third-order valence-electron chi connectivity index (χ3n) is 2.87. The van der Waals surface area contributed by atoms with Crippen LogP contribution in [0.25, 0.3) is 11.1 Å². The van der Waals surface area contributed by atoms with Crippen LogP contribution in [0.3, 0.4) is 0 Å². The van der Waals surface area contributed by atoms with E-state index in [1.807, 2.05) is 0 Å². The first-order valence-electron chi connectivity index (χ1n) is 5.69. The number of nitrogens with zero attached hydrogens (tertiary/aromatic N) is 1. The molecule has 0 spiro atoms. The number of ether oxygens (including phenoxy) is 1. The molecule has 0 aliphatic rings. The lowest BCUT2D eigenvalue weighted by molar-refractivity contribution is -0.385. The summed E-state index contributed by atoms with van der Waals surface area (Å²) in [5.74, 6) is 0.556. The standard InChI is InChI=1S/C14H13NO4/c1-19-13-8-3-2-6-11(13)12-7-4-5-10(9-16)14(12)15(17)18/h2-8,16H,9H2,1H3. The van der Waals surface area contributed by atoms with Crippen molar-refractivity contribution in [3.63, 3.8) is 0 Å². The minimum absolute atomic E-state index is 0.0884. The van der Waals surface area contributed by atoms with Crippen LogP contribution in [-0.2, 0) is 6.61 Å². The summed E-state index contributed by atoms with van der Waals surface area (Å²) in [6.45, 7) is -0.376. The summed E-state index contributed by atoms with van der Waals surface area (Å²) in [5.41, 5.74) is 1.27. The molecule has 0 saturated carbocycles. The zero-order valence-electron chi connectivity index (χ0n) is 10.4. The summed E-state index contributed by atoms with van der Waals surface area (Å²) in [6, 6.07) is 11.9. The van der Waals surface area contributed by atoms with Gasteiger partial charge in [0.05, 0.1) is 29.8 Å². The Morgan fingerprint density at radius 1 is 1.16 bits per heavy atom. The monoisotopic (exact) mass is 259 g/mol. The van der Waals surface area contributed by atoms with E-state index in [4.69, 9.17) is 4.74 Å². The van der Waals surface area contributed by atoms with Crippen molar-refractivity contribution in [2.75, 3.05) is 7.11 Å². The van der Waals surface area contributed by atoms with Crippen molar-refractivity contribution in [1.82, 2.24) is 0 Å². The van der Waals surface area contributed by atoms with E-state index < -0.39 is 4.92 Å². The molecular weight excluding hydrogens is 246 g/mol. The molecule has 5 nitrogen and oxygen atoms in total. The second kappa shape index (κ2) is 5.49. The molecule has 0 unspecified atom stereocenters. The highest BCUT2D eigenvalue weighted by Crippen LogP contribution is 2.37. The van der Waals surface area contributed by atoms with E-state index in [-0.39, 0.29) is 17.9 Å². The van der Waals surface area contributed by atoms with Crippen LogP contribution >= 0.6 is 0 Å². The van der Waals surface area contributed by atoms with Crippen LogP contribution in [-0.4, -0.2) is 17.1 Å². The fourth-order valence-corrected chi connectivity index (χ4v) is 2.02. The fraction of sp³-hybridized carbons (Fsp3) is 0.143. The van der Waals surface area contributed by atoms with Crippen LogP contribution in [0.1, 0.15) is 5.56 Å². The van der Waals surface area contributed by atoms with E-state index in [1.54, 1.807) is 36.4 Å². The van der Waals surface area contributed by atoms with Crippen molar-refractivity contribution >= 4 is 5.69 Å². The second-order valence-electron chi connectivity index (χ2n) is 3.93. The zero-order valence-corrected chi connectivity index (χ0v) is 10.4. The number of nitro groups is 1. The van der Waals surface area contributed by atoms with Gasteiger partial charge in [-0.25, -0.2) is 0 Å². The van der Waals surface area contributed by atoms with Crippen molar-refractivity contribution in [3.05, 3.63) is 58.1 Å². The molecule has 0 heterocycles. The Balaban J connectivity index is 2.71. The lowest BCUT2D eigenvalue weighted by atomic mass is 9.99. The average molecular weight is 259 g/mol. The molecule has 5 heteroatoms. The Kier molecular flexibility index (Phi) is 3.77. The molecule has 2 aromatic rings. The average Bonchev–Trinajstić information content (AvgIpc) is 2.46. The molecule has 19 heavy (non-hydrogen) atoms. The minimum atomic E-state index is -0.479. The number of para-hydroxylation sites is 2.